The molecule has 3 nitrogen and oxygen atoms in total. The monoisotopic (exact) mass is 280 g/mol. The molecule has 0 bridgehead atoms. The summed E-state index contributed by atoms with van der Waals surface area (Å²) in [6, 6.07) is 0.243. The minimum Gasteiger partial charge on any atom is -0.352 e. The van der Waals surface area contributed by atoms with Crippen LogP contribution in [0.5, 0.6) is 0 Å². The largest absolute Gasteiger partial charge is 0.389 e. The fourth-order valence-corrected chi connectivity index (χ4v) is 2.32. The van der Waals surface area contributed by atoms with Crippen molar-refractivity contribution in [3.63, 3.8) is 0 Å². The van der Waals surface area contributed by atoms with Crippen molar-refractivity contribution in [2.24, 2.45) is 0 Å². The molecule has 0 saturated heterocycles. The van der Waals surface area contributed by atoms with Crippen LogP contribution in [0.3, 0.4) is 0 Å². The number of hydrogen-bond acceptors (Lipinski definition) is 2. The lowest BCUT2D eigenvalue weighted by Crippen LogP contribution is -2.40. The van der Waals surface area contributed by atoms with Crippen molar-refractivity contribution >= 4 is 5.91 Å². The maximum absolute atomic E-state index is 11.9. The first-order valence-electron chi connectivity index (χ1n) is 7.04. The van der Waals surface area contributed by atoms with E-state index in [0.717, 1.165) is 25.7 Å². The van der Waals surface area contributed by atoms with Crippen LogP contribution in [0.1, 0.15) is 51.4 Å². The third-order valence-electron chi connectivity index (χ3n) is 3.32. The number of halogens is 3. The molecule has 1 saturated carbocycles. The Labute approximate surface area is 112 Å². The van der Waals surface area contributed by atoms with Crippen molar-refractivity contribution in [1.82, 2.24) is 10.6 Å². The van der Waals surface area contributed by atoms with E-state index in [1.807, 2.05) is 0 Å². The lowest BCUT2D eigenvalue weighted by Gasteiger charge is -2.16. The summed E-state index contributed by atoms with van der Waals surface area (Å²) in [5.41, 5.74) is 0. The second-order valence-corrected chi connectivity index (χ2v) is 5.15. The number of carbonyl (C=O) groups is 1. The van der Waals surface area contributed by atoms with Gasteiger partial charge in [0, 0.05) is 12.5 Å². The highest BCUT2D eigenvalue weighted by atomic mass is 19.4. The SMILES string of the molecule is O=C(CNCCCC(F)(F)F)NC1CCCCCC1. The first-order valence-corrected chi connectivity index (χ1v) is 7.04. The summed E-state index contributed by atoms with van der Waals surface area (Å²) in [6.45, 7) is 0.325. The number of alkyl halides is 3. The molecule has 0 heterocycles. The fourth-order valence-electron chi connectivity index (χ4n) is 2.32. The first kappa shape index (κ1) is 16.3. The van der Waals surface area contributed by atoms with E-state index in [1.165, 1.54) is 12.8 Å². The number of nitrogens with one attached hydrogen (secondary N) is 2. The van der Waals surface area contributed by atoms with Crippen LogP contribution in [0.15, 0.2) is 0 Å². The van der Waals surface area contributed by atoms with Gasteiger partial charge in [-0.05, 0) is 25.8 Å². The Morgan fingerprint density at radius 2 is 1.74 bits per heavy atom. The smallest absolute Gasteiger partial charge is 0.352 e. The molecule has 19 heavy (non-hydrogen) atoms. The second kappa shape index (κ2) is 8.40. The van der Waals surface area contributed by atoms with E-state index >= 15 is 0 Å². The van der Waals surface area contributed by atoms with E-state index in [4.69, 9.17) is 0 Å². The lowest BCUT2D eigenvalue weighted by molar-refractivity contribution is -0.135. The van der Waals surface area contributed by atoms with Gasteiger partial charge in [0.2, 0.25) is 5.91 Å². The van der Waals surface area contributed by atoms with Gasteiger partial charge in [0.1, 0.15) is 0 Å². The Bertz CT molecular complexity index is 261. The fraction of sp³-hybridized carbons (Fsp3) is 0.923. The molecule has 1 aliphatic rings. The van der Waals surface area contributed by atoms with Crippen molar-refractivity contribution < 1.29 is 18.0 Å². The molecule has 1 aliphatic carbocycles. The van der Waals surface area contributed by atoms with Crippen molar-refractivity contribution in [2.45, 2.75) is 63.6 Å². The zero-order valence-corrected chi connectivity index (χ0v) is 11.2. The Balaban J connectivity index is 2.04. The van der Waals surface area contributed by atoms with Gasteiger partial charge in [0.15, 0.2) is 0 Å². The zero-order chi connectivity index (χ0) is 14.1. The van der Waals surface area contributed by atoms with Gasteiger partial charge in [-0.3, -0.25) is 4.79 Å². The average Bonchev–Trinajstić information content (AvgIpc) is 2.55. The minimum atomic E-state index is -4.11. The summed E-state index contributed by atoms with van der Waals surface area (Å²) in [5.74, 6) is -0.112. The summed E-state index contributed by atoms with van der Waals surface area (Å²) in [7, 11) is 0. The Morgan fingerprint density at radius 3 is 2.32 bits per heavy atom. The van der Waals surface area contributed by atoms with Crippen molar-refractivity contribution in [1.29, 1.82) is 0 Å². The maximum Gasteiger partial charge on any atom is 0.389 e. The van der Waals surface area contributed by atoms with E-state index in [-0.39, 0.29) is 31.5 Å². The van der Waals surface area contributed by atoms with E-state index < -0.39 is 12.6 Å². The molecule has 112 valence electrons. The van der Waals surface area contributed by atoms with Crippen LogP contribution in [0.2, 0.25) is 0 Å². The van der Waals surface area contributed by atoms with Gasteiger partial charge in [0.25, 0.3) is 0 Å². The molecule has 2 N–H and O–H groups in total. The van der Waals surface area contributed by atoms with Gasteiger partial charge in [-0.25, -0.2) is 0 Å². The van der Waals surface area contributed by atoms with E-state index in [9.17, 15) is 18.0 Å². The summed E-state index contributed by atoms with van der Waals surface area (Å²) in [5, 5.41) is 5.69. The second-order valence-electron chi connectivity index (χ2n) is 5.15. The molecule has 0 aromatic rings. The Morgan fingerprint density at radius 1 is 1.11 bits per heavy atom. The molecule has 0 unspecified atom stereocenters. The number of carbonyl (C=O) groups excluding carboxylic acids is 1. The summed E-state index contributed by atoms with van der Waals surface area (Å²) < 4.78 is 35.6. The molecular formula is C13H23F3N2O. The van der Waals surface area contributed by atoms with Gasteiger partial charge >= 0.3 is 6.18 Å². The zero-order valence-electron chi connectivity index (χ0n) is 11.2. The normalized spacial score (nSPS) is 18.1. The van der Waals surface area contributed by atoms with E-state index in [1.54, 1.807) is 0 Å². The number of rotatable bonds is 6. The lowest BCUT2D eigenvalue weighted by atomic mass is 10.1. The quantitative estimate of drug-likeness (QED) is 0.580. The van der Waals surface area contributed by atoms with Gasteiger partial charge in [-0.15, -0.1) is 0 Å². The van der Waals surface area contributed by atoms with Crippen LogP contribution >= 0.6 is 0 Å². The first-order chi connectivity index (χ1) is 8.97. The van der Waals surface area contributed by atoms with Crippen LogP contribution in [0.4, 0.5) is 13.2 Å². The van der Waals surface area contributed by atoms with Crippen LogP contribution < -0.4 is 10.6 Å². The van der Waals surface area contributed by atoms with Crippen LogP contribution in [0.25, 0.3) is 0 Å². The highest BCUT2D eigenvalue weighted by Gasteiger charge is 2.25. The van der Waals surface area contributed by atoms with Gasteiger partial charge in [-0.1, -0.05) is 25.7 Å². The topological polar surface area (TPSA) is 41.1 Å². The molecule has 0 spiro atoms. The molecular weight excluding hydrogens is 257 g/mol. The molecule has 1 amide bonds. The summed E-state index contributed by atoms with van der Waals surface area (Å²) >= 11 is 0. The number of amides is 1. The average molecular weight is 280 g/mol. The number of hydrogen-bond donors (Lipinski definition) is 2. The standard InChI is InChI=1S/C13H23F3N2O/c14-13(15,16)8-5-9-17-10-12(19)18-11-6-3-1-2-4-7-11/h11,17H,1-10H2,(H,18,19). The highest BCUT2D eigenvalue weighted by molar-refractivity contribution is 5.78. The minimum absolute atomic E-state index is 0.0141. The predicted octanol–water partition coefficient (Wildman–Crippen LogP) is 2.76. The third-order valence-corrected chi connectivity index (χ3v) is 3.32. The van der Waals surface area contributed by atoms with Crippen molar-refractivity contribution in [2.75, 3.05) is 13.1 Å². The van der Waals surface area contributed by atoms with Crippen molar-refractivity contribution in [3.05, 3.63) is 0 Å². The molecule has 0 aromatic carbocycles. The molecule has 6 heteroatoms. The molecule has 0 aromatic heterocycles. The molecule has 1 rings (SSSR count). The molecule has 1 fully saturated rings. The maximum atomic E-state index is 11.9. The van der Waals surface area contributed by atoms with Gasteiger partial charge in [-0.2, -0.15) is 13.2 Å². The van der Waals surface area contributed by atoms with Crippen LogP contribution in [-0.2, 0) is 4.79 Å². The highest BCUT2D eigenvalue weighted by Crippen LogP contribution is 2.20. The summed E-state index contributed by atoms with van der Waals surface area (Å²) in [4.78, 5) is 11.6. The van der Waals surface area contributed by atoms with Crippen molar-refractivity contribution in [3.8, 4) is 0 Å². The third kappa shape index (κ3) is 8.86. The van der Waals surface area contributed by atoms with Gasteiger partial charge in [0.05, 0.1) is 6.54 Å². The summed E-state index contributed by atoms with van der Waals surface area (Å²) in [6.07, 6.45) is 1.87. The Hall–Kier alpha value is -0.780. The van der Waals surface area contributed by atoms with Crippen LogP contribution in [0, 0.1) is 0 Å². The molecule has 0 aliphatic heterocycles. The van der Waals surface area contributed by atoms with E-state index in [0.29, 0.717) is 0 Å². The van der Waals surface area contributed by atoms with E-state index in [2.05, 4.69) is 10.6 Å². The van der Waals surface area contributed by atoms with Crippen LogP contribution in [-0.4, -0.2) is 31.2 Å². The molecule has 0 atom stereocenters. The Kier molecular flexibility index (Phi) is 7.20. The predicted molar refractivity (Wildman–Crippen MR) is 67.8 cm³/mol. The van der Waals surface area contributed by atoms with Gasteiger partial charge < -0.3 is 10.6 Å². The molecule has 0 radical (unpaired) electrons.